The maximum absolute atomic E-state index is 11.0. The molecule has 0 aliphatic rings. The zero-order valence-electron chi connectivity index (χ0n) is 15.5. The molecule has 26 heavy (non-hydrogen) atoms. The van der Waals surface area contributed by atoms with Crippen LogP contribution in [0.3, 0.4) is 0 Å². The Bertz CT molecular complexity index is 694. The van der Waals surface area contributed by atoms with Crippen LogP contribution in [0.1, 0.15) is 44.4 Å². The molecule has 0 fully saturated rings. The van der Waals surface area contributed by atoms with E-state index in [1.807, 2.05) is 69.3 Å². The summed E-state index contributed by atoms with van der Waals surface area (Å²) in [7, 11) is 0. The van der Waals surface area contributed by atoms with Crippen LogP contribution >= 0.6 is 0 Å². The fraction of sp³-hybridized carbons (Fsp3) is 0.381. The molecule has 5 heteroatoms. The van der Waals surface area contributed by atoms with Gasteiger partial charge >= 0.3 is 5.97 Å². The minimum absolute atomic E-state index is 0.0588. The average Bonchev–Trinajstić information content (AvgIpc) is 2.59. The summed E-state index contributed by atoms with van der Waals surface area (Å²) < 4.78 is 17.0. The zero-order chi connectivity index (χ0) is 18.9. The molecule has 0 saturated heterocycles. The summed E-state index contributed by atoms with van der Waals surface area (Å²) in [6.45, 7) is 6.72. The lowest BCUT2D eigenvalue weighted by Gasteiger charge is -2.16. The van der Waals surface area contributed by atoms with Gasteiger partial charge in [-0.15, -0.1) is 0 Å². The Labute approximate surface area is 154 Å². The van der Waals surface area contributed by atoms with Gasteiger partial charge in [-0.2, -0.15) is 0 Å². The van der Waals surface area contributed by atoms with Crippen molar-refractivity contribution in [1.29, 1.82) is 0 Å². The first-order valence-corrected chi connectivity index (χ1v) is 8.79. The monoisotopic (exact) mass is 358 g/mol. The van der Waals surface area contributed by atoms with Crippen molar-refractivity contribution < 1.29 is 24.1 Å². The highest BCUT2D eigenvalue weighted by Gasteiger charge is 2.15. The Balaban J connectivity index is 1.97. The minimum atomic E-state index is -0.882. The highest BCUT2D eigenvalue weighted by molar-refractivity contribution is 5.67. The second kappa shape index (κ2) is 9.82. The molecular formula is C21H26O5. The molecule has 0 spiro atoms. The lowest BCUT2D eigenvalue weighted by atomic mass is 10.1. The number of hydrogen-bond acceptors (Lipinski definition) is 4. The molecular weight excluding hydrogens is 332 g/mol. The van der Waals surface area contributed by atoms with E-state index in [2.05, 4.69) is 0 Å². The molecule has 2 rings (SSSR count). The highest BCUT2D eigenvalue weighted by atomic mass is 16.5. The first-order valence-electron chi connectivity index (χ1n) is 8.79. The van der Waals surface area contributed by atoms with Gasteiger partial charge in [-0.1, -0.05) is 24.3 Å². The topological polar surface area (TPSA) is 65.0 Å². The van der Waals surface area contributed by atoms with E-state index in [4.69, 9.17) is 19.3 Å². The standard InChI is InChI=1S/C21H26O5/c1-4-24-20(13-21(22)23)17-8-10-18(11-9-17)25-14-16-6-5-7-19(12-16)26-15(2)3/h5-12,15,20H,4,13-14H2,1-3H3,(H,22,23)/t20-/m0/s1. The number of ether oxygens (including phenoxy) is 3. The van der Waals surface area contributed by atoms with Gasteiger partial charge in [-0.25, -0.2) is 0 Å². The third-order valence-electron chi connectivity index (χ3n) is 3.66. The van der Waals surface area contributed by atoms with Crippen LogP contribution in [-0.4, -0.2) is 23.8 Å². The van der Waals surface area contributed by atoms with Crippen molar-refractivity contribution in [2.24, 2.45) is 0 Å². The van der Waals surface area contributed by atoms with Crippen molar-refractivity contribution in [3.05, 3.63) is 59.7 Å². The van der Waals surface area contributed by atoms with Gasteiger partial charge in [-0.3, -0.25) is 4.79 Å². The number of carbonyl (C=O) groups is 1. The van der Waals surface area contributed by atoms with E-state index in [0.29, 0.717) is 13.2 Å². The summed E-state index contributed by atoms with van der Waals surface area (Å²) in [6, 6.07) is 15.2. The second-order valence-corrected chi connectivity index (χ2v) is 6.21. The van der Waals surface area contributed by atoms with Crippen molar-refractivity contribution in [2.75, 3.05) is 6.61 Å². The quantitative estimate of drug-likeness (QED) is 0.672. The number of hydrogen-bond donors (Lipinski definition) is 1. The predicted molar refractivity (Wildman–Crippen MR) is 99.6 cm³/mol. The van der Waals surface area contributed by atoms with Crippen molar-refractivity contribution in [2.45, 2.75) is 46.0 Å². The number of rotatable bonds is 10. The van der Waals surface area contributed by atoms with Gasteiger partial charge in [0, 0.05) is 6.61 Å². The van der Waals surface area contributed by atoms with Gasteiger partial charge in [0.05, 0.1) is 18.6 Å². The molecule has 0 heterocycles. The molecule has 0 aliphatic heterocycles. The normalized spacial score (nSPS) is 12.0. The molecule has 0 amide bonds. The lowest BCUT2D eigenvalue weighted by Crippen LogP contribution is -2.10. The Morgan fingerprint density at radius 1 is 1.08 bits per heavy atom. The molecule has 2 aromatic rings. The average molecular weight is 358 g/mol. The van der Waals surface area contributed by atoms with Gasteiger partial charge in [0.2, 0.25) is 0 Å². The Kier molecular flexibility index (Phi) is 7.48. The molecule has 0 aliphatic carbocycles. The lowest BCUT2D eigenvalue weighted by molar-refractivity contribution is -0.140. The molecule has 0 unspecified atom stereocenters. The van der Waals surface area contributed by atoms with E-state index in [1.165, 1.54) is 0 Å². The molecule has 1 N–H and O–H groups in total. The minimum Gasteiger partial charge on any atom is -0.491 e. The van der Waals surface area contributed by atoms with Crippen LogP contribution in [0.15, 0.2) is 48.5 Å². The largest absolute Gasteiger partial charge is 0.491 e. The fourth-order valence-electron chi connectivity index (χ4n) is 2.56. The molecule has 1 atom stereocenters. The second-order valence-electron chi connectivity index (χ2n) is 6.21. The Morgan fingerprint density at radius 2 is 1.81 bits per heavy atom. The van der Waals surface area contributed by atoms with Crippen LogP contribution in [0.2, 0.25) is 0 Å². The molecule has 0 saturated carbocycles. The van der Waals surface area contributed by atoms with Crippen LogP contribution < -0.4 is 9.47 Å². The highest BCUT2D eigenvalue weighted by Crippen LogP contribution is 2.24. The number of aliphatic carboxylic acids is 1. The summed E-state index contributed by atoms with van der Waals surface area (Å²) in [5.74, 6) is 0.659. The molecule has 2 aromatic carbocycles. The Hall–Kier alpha value is -2.53. The third-order valence-corrected chi connectivity index (χ3v) is 3.66. The SMILES string of the molecule is CCO[C@@H](CC(=O)O)c1ccc(OCc2cccc(OC(C)C)c2)cc1. The van der Waals surface area contributed by atoms with Crippen molar-refractivity contribution in [3.8, 4) is 11.5 Å². The summed E-state index contributed by atoms with van der Waals surface area (Å²) in [4.78, 5) is 11.0. The van der Waals surface area contributed by atoms with E-state index in [1.54, 1.807) is 0 Å². The molecule has 140 valence electrons. The summed E-state index contributed by atoms with van der Waals surface area (Å²) >= 11 is 0. The first kappa shape index (κ1) is 19.8. The first-order chi connectivity index (χ1) is 12.5. The van der Waals surface area contributed by atoms with Crippen molar-refractivity contribution in [3.63, 3.8) is 0 Å². The van der Waals surface area contributed by atoms with Crippen LogP contribution in [0.4, 0.5) is 0 Å². The van der Waals surface area contributed by atoms with E-state index in [9.17, 15) is 4.79 Å². The van der Waals surface area contributed by atoms with Gasteiger partial charge in [-0.05, 0) is 56.2 Å². The summed E-state index contributed by atoms with van der Waals surface area (Å²) in [5.41, 5.74) is 1.85. The van der Waals surface area contributed by atoms with E-state index in [0.717, 1.165) is 22.6 Å². The summed E-state index contributed by atoms with van der Waals surface area (Å²) in [5, 5.41) is 9.00. The van der Waals surface area contributed by atoms with Gasteiger partial charge in [0.1, 0.15) is 18.1 Å². The van der Waals surface area contributed by atoms with Crippen LogP contribution in [0.25, 0.3) is 0 Å². The van der Waals surface area contributed by atoms with Crippen molar-refractivity contribution >= 4 is 5.97 Å². The number of carboxylic acids is 1. The van der Waals surface area contributed by atoms with Crippen molar-refractivity contribution in [1.82, 2.24) is 0 Å². The molecule has 0 radical (unpaired) electrons. The van der Waals surface area contributed by atoms with Crippen LogP contribution in [0, 0.1) is 0 Å². The fourth-order valence-corrected chi connectivity index (χ4v) is 2.56. The maximum Gasteiger partial charge on any atom is 0.306 e. The van der Waals surface area contributed by atoms with Gasteiger partial charge in [0.15, 0.2) is 0 Å². The van der Waals surface area contributed by atoms with Gasteiger partial charge in [0.25, 0.3) is 0 Å². The number of carboxylic acid groups (broad SMARTS) is 1. The van der Waals surface area contributed by atoms with Gasteiger partial charge < -0.3 is 19.3 Å². The Morgan fingerprint density at radius 3 is 2.42 bits per heavy atom. The smallest absolute Gasteiger partial charge is 0.306 e. The van der Waals surface area contributed by atoms with Crippen LogP contribution in [-0.2, 0) is 16.1 Å². The molecule has 5 nitrogen and oxygen atoms in total. The molecule has 0 aromatic heterocycles. The predicted octanol–water partition coefficient (Wildman–Crippen LogP) is 4.61. The van der Waals surface area contributed by atoms with Crippen LogP contribution in [0.5, 0.6) is 11.5 Å². The van der Waals surface area contributed by atoms with E-state index >= 15 is 0 Å². The third kappa shape index (κ3) is 6.41. The molecule has 0 bridgehead atoms. The number of benzene rings is 2. The summed E-state index contributed by atoms with van der Waals surface area (Å²) in [6.07, 6.45) is -0.379. The van der Waals surface area contributed by atoms with E-state index in [-0.39, 0.29) is 12.5 Å². The maximum atomic E-state index is 11.0. The zero-order valence-corrected chi connectivity index (χ0v) is 15.5. The van der Waals surface area contributed by atoms with E-state index < -0.39 is 12.1 Å².